The third-order valence-corrected chi connectivity index (χ3v) is 3.81. The number of hydrogen-bond donors (Lipinski definition) is 1. The van der Waals surface area contributed by atoms with Crippen LogP contribution in [0, 0.1) is 5.92 Å². The Bertz CT molecular complexity index is 554. The average molecular weight is 300 g/mol. The summed E-state index contributed by atoms with van der Waals surface area (Å²) in [5.41, 5.74) is 5.05. The SMILES string of the molecule is CN1C(=O)CC[C@H](C(N)=O)[C@H]1c1ccc(C(F)(F)F)cc1. The van der Waals surface area contributed by atoms with Crippen molar-refractivity contribution in [2.75, 3.05) is 7.05 Å². The Labute approximate surface area is 119 Å². The average Bonchev–Trinajstić information content (AvgIpc) is 2.40. The van der Waals surface area contributed by atoms with Crippen LogP contribution in [-0.2, 0) is 15.8 Å². The van der Waals surface area contributed by atoms with Crippen LogP contribution in [0.5, 0.6) is 0 Å². The van der Waals surface area contributed by atoms with Gasteiger partial charge in [0.05, 0.1) is 17.5 Å². The largest absolute Gasteiger partial charge is 0.416 e. The van der Waals surface area contributed by atoms with E-state index in [0.717, 1.165) is 12.1 Å². The first-order valence-electron chi connectivity index (χ1n) is 6.44. The molecule has 1 aromatic carbocycles. The number of benzene rings is 1. The lowest BCUT2D eigenvalue weighted by molar-refractivity contribution is -0.141. The first-order chi connectivity index (χ1) is 9.71. The third-order valence-electron chi connectivity index (χ3n) is 3.81. The summed E-state index contributed by atoms with van der Waals surface area (Å²) in [6.45, 7) is 0. The molecule has 0 bridgehead atoms. The first kappa shape index (κ1) is 15.3. The maximum Gasteiger partial charge on any atom is 0.416 e. The molecule has 0 unspecified atom stereocenters. The molecule has 2 amide bonds. The molecule has 0 spiro atoms. The summed E-state index contributed by atoms with van der Waals surface area (Å²) in [6.07, 6.45) is -3.90. The van der Waals surface area contributed by atoms with Gasteiger partial charge in [0.15, 0.2) is 0 Å². The number of carbonyl (C=O) groups excluding carboxylic acids is 2. The molecule has 1 aliphatic rings. The van der Waals surface area contributed by atoms with Crippen LogP contribution >= 0.6 is 0 Å². The summed E-state index contributed by atoms with van der Waals surface area (Å²) in [4.78, 5) is 24.7. The van der Waals surface area contributed by atoms with Crippen molar-refractivity contribution in [2.24, 2.45) is 11.7 Å². The second-order valence-electron chi connectivity index (χ2n) is 5.12. The van der Waals surface area contributed by atoms with Gasteiger partial charge in [0, 0.05) is 13.5 Å². The number of piperidine rings is 1. The Morgan fingerprint density at radius 2 is 1.86 bits per heavy atom. The smallest absolute Gasteiger partial charge is 0.369 e. The van der Waals surface area contributed by atoms with Crippen molar-refractivity contribution in [1.82, 2.24) is 4.90 Å². The fraction of sp³-hybridized carbons (Fsp3) is 0.429. The Morgan fingerprint density at radius 1 is 1.29 bits per heavy atom. The lowest BCUT2D eigenvalue weighted by Gasteiger charge is -2.37. The van der Waals surface area contributed by atoms with Gasteiger partial charge < -0.3 is 10.6 Å². The number of nitrogens with two attached hydrogens (primary N) is 1. The molecular weight excluding hydrogens is 285 g/mol. The van der Waals surface area contributed by atoms with Gasteiger partial charge in [0.2, 0.25) is 11.8 Å². The van der Waals surface area contributed by atoms with Gasteiger partial charge in [-0.3, -0.25) is 9.59 Å². The van der Waals surface area contributed by atoms with E-state index in [1.165, 1.54) is 24.1 Å². The van der Waals surface area contributed by atoms with Gasteiger partial charge in [-0.15, -0.1) is 0 Å². The van der Waals surface area contributed by atoms with Crippen molar-refractivity contribution in [3.63, 3.8) is 0 Å². The maximum absolute atomic E-state index is 12.6. The van der Waals surface area contributed by atoms with Crippen molar-refractivity contribution >= 4 is 11.8 Å². The molecule has 4 nitrogen and oxygen atoms in total. The van der Waals surface area contributed by atoms with E-state index in [9.17, 15) is 22.8 Å². The van der Waals surface area contributed by atoms with Crippen LogP contribution in [0.4, 0.5) is 13.2 Å². The summed E-state index contributed by atoms with van der Waals surface area (Å²) < 4.78 is 37.7. The molecule has 114 valence electrons. The number of rotatable bonds is 2. The van der Waals surface area contributed by atoms with Crippen molar-refractivity contribution < 1.29 is 22.8 Å². The van der Waals surface area contributed by atoms with Crippen LogP contribution in [0.2, 0.25) is 0 Å². The number of hydrogen-bond acceptors (Lipinski definition) is 2. The molecule has 1 aromatic rings. The zero-order valence-corrected chi connectivity index (χ0v) is 11.4. The molecule has 21 heavy (non-hydrogen) atoms. The second kappa shape index (κ2) is 5.38. The van der Waals surface area contributed by atoms with E-state index >= 15 is 0 Å². The number of amides is 2. The zero-order chi connectivity index (χ0) is 15.8. The molecule has 1 fully saturated rings. The Balaban J connectivity index is 2.36. The number of nitrogens with zero attached hydrogens (tertiary/aromatic N) is 1. The monoisotopic (exact) mass is 300 g/mol. The normalized spacial score (nSPS) is 23.2. The molecule has 7 heteroatoms. The van der Waals surface area contributed by atoms with Gasteiger partial charge in [-0.05, 0) is 24.1 Å². The van der Waals surface area contributed by atoms with Gasteiger partial charge >= 0.3 is 6.18 Å². The minimum atomic E-state index is -4.42. The minimum Gasteiger partial charge on any atom is -0.369 e. The topological polar surface area (TPSA) is 63.4 Å². The van der Waals surface area contributed by atoms with E-state index in [1.54, 1.807) is 0 Å². The van der Waals surface area contributed by atoms with Crippen LogP contribution < -0.4 is 5.73 Å². The standard InChI is InChI=1S/C14H15F3N2O2/c1-19-11(20)7-6-10(13(18)21)12(19)8-2-4-9(5-3-8)14(15,16)17/h2-5,10,12H,6-7H2,1H3,(H2,18,21)/t10-,12+/m0/s1. The fourth-order valence-electron chi connectivity index (χ4n) is 2.66. The lowest BCUT2D eigenvalue weighted by Crippen LogP contribution is -2.44. The second-order valence-corrected chi connectivity index (χ2v) is 5.12. The Morgan fingerprint density at radius 3 is 2.33 bits per heavy atom. The van der Waals surface area contributed by atoms with Crippen molar-refractivity contribution in [2.45, 2.75) is 25.1 Å². The molecule has 1 aliphatic heterocycles. The molecule has 0 radical (unpaired) electrons. The molecule has 2 atom stereocenters. The number of carbonyl (C=O) groups is 2. The van der Waals surface area contributed by atoms with E-state index in [-0.39, 0.29) is 12.3 Å². The molecule has 1 heterocycles. The predicted octanol–water partition coefficient (Wildman–Crippen LogP) is 2.10. The number of likely N-dealkylation sites (tertiary alicyclic amines) is 1. The van der Waals surface area contributed by atoms with Crippen molar-refractivity contribution in [1.29, 1.82) is 0 Å². The highest BCUT2D eigenvalue weighted by molar-refractivity contribution is 5.83. The van der Waals surface area contributed by atoms with Gasteiger partial charge in [-0.2, -0.15) is 13.2 Å². The summed E-state index contributed by atoms with van der Waals surface area (Å²) in [5, 5.41) is 0. The highest BCUT2D eigenvalue weighted by Crippen LogP contribution is 2.37. The van der Waals surface area contributed by atoms with E-state index in [4.69, 9.17) is 5.73 Å². The van der Waals surface area contributed by atoms with Crippen LogP contribution in [0.3, 0.4) is 0 Å². The first-order valence-corrected chi connectivity index (χ1v) is 6.44. The van der Waals surface area contributed by atoms with E-state index in [0.29, 0.717) is 12.0 Å². The van der Waals surface area contributed by atoms with E-state index < -0.39 is 29.6 Å². The molecule has 0 saturated carbocycles. The molecular formula is C14H15F3N2O2. The molecule has 0 aromatic heterocycles. The number of primary amides is 1. The van der Waals surface area contributed by atoms with Crippen LogP contribution in [0.1, 0.15) is 30.0 Å². The van der Waals surface area contributed by atoms with Crippen molar-refractivity contribution in [3.8, 4) is 0 Å². The molecule has 2 rings (SSSR count). The highest BCUT2D eigenvalue weighted by atomic mass is 19.4. The fourth-order valence-corrected chi connectivity index (χ4v) is 2.66. The van der Waals surface area contributed by atoms with E-state index in [1.807, 2.05) is 0 Å². The van der Waals surface area contributed by atoms with Gasteiger partial charge in [0.1, 0.15) is 0 Å². The summed E-state index contributed by atoms with van der Waals surface area (Å²) in [6, 6.07) is 3.85. The number of alkyl halides is 3. The lowest BCUT2D eigenvalue weighted by atomic mass is 9.84. The molecule has 1 saturated heterocycles. The van der Waals surface area contributed by atoms with E-state index in [2.05, 4.69) is 0 Å². The Kier molecular flexibility index (Phi) is 3.93. The van der Waals surface area contributed by atoms with Crippen LogP contribution in [-0.4, -0.2) is 23.8 Å². The zero-order valence-electron chi connectivity index (χ0n) is 11.4. The van der Waals surface area contributed by atoms with Gasteiger partial charge in [-0.25, -0.2) is 0 Å². The Hall–Kier alpha value is -2.05. The van der Waals surface area contributed by atoms with Gasteiger partial charge in [0.25, 0.3) is 0 Å². The summed E-state index contributed by atoms with van der Waals surface area (Å²) in [7, 11) is 1.53. The predicted molar refractivity (Wildman–Crippen MR) is 68.9 cm³/mol. The third kappa shape index (κ3) is 3.01. The minimum absolute atomic E-state index is 0.155. The van der Waals surface area contributed by atoms with Gasteiger partial charge in [-0.1, -0.05) is 12.1 Å². The summed E-state index contributed by atoms with van der Waals surface area (Å²) in [5.74, 6) is -1.30. The molecule has 2 N–H and O–H groups in total. The summed E-state index contributed by atoms with van der Waals surface area (Å²) >= 11 is 0. The van der Waals surface area contributed by atoms with Crippen molar-refractivity contribution in [3.05, 3.63) is 35.4 Å². The highest BCUT2D eigenvalue weighted by Gasteiger charge is 2.38. The quantitative estimate of drug-likeness (QED) is 0.909. The maximum atomic E-state index is 12.6. The molecule has 0 aliphatic carbocycles. The van der Waals surface area contributed by atoms with Crippen LogP contribution in [0.25, 0.3) is 0 Å². The number of halogens is 3. The van der Waals surface area contributed by atoms with Crippen LogP contribution in [0.15, 0.2) is 24.3 Å².